The van der Waals surface area contributed by atoms with Gasteiger partial charge in [-0.1, -0.05) is 18.2 Å². The number of anilines is 1. The SMILES string of the molecule is CCOC(=O)c1c(C)[nH]c(C)c1S(=O)(=O)N(C)CC(=O)N1c2ccccc2C[C@H]1C. The molecule has 1 aromatic heterocycles. The standard InChI is InChI=1S/C21H27N3O5S/c1-6-29-21(26)19-14(3)22-15(4)20(19)30(27,28)23(5)12-18(25)24-13(2)11-16-9-7-8-10-17(16)24/h7-10,13,22H,6,11-12H2,1-5H3/t13-/m1/s1. The van der Waals surface area contributed by atoms with Gasteiger partial charge in [0.05, 0.1) is 13.2 Å². The van der Waals surface area contributed by atoms with Gasteiger partial charge in [-0.15, -0.1) is 0 Å². The van der Waals surface area contributed by atoms with Gasteiger partial charge in [0.1, 0.15) is 10.5 Å². The average Bonchev–Trinajstić information content (AvgIpc) is 3.16. The van der Waals surface area contributed by atoms with Gasteiger partial charge in [0.2, 0.25) is 15.9 Å². The Morgan fingerprint density at radius 3 is 2.57 bits per heavy atom. The minimum Gasteiger partial charge on any atom is -0.462 e. The molecule has 8 nitrogen and oxygen atoms in total. The van der Waals surface area contributed by atoms with E-state index >= 15 is 0 Å². The predicted octanol–water partition coefficient (Wildman–Crippen LogP) is 2.41. The summed E-state index contributed by atoms with van der Waals surface area (Å²) in [5.74, 6) is -1.03. The summed E-state index contributed by atoms with van der Waals surface area (Å²) in [6, 6.07) is 7.55. The van der Waals surface area contributed by atoms with E-state index in [0.717, 1.165) is 22.0 Å². The lowest BCUT2D eigenvalue weighted by atomic mass is 10.1. The molecule has 1 aliphatic rings. The van der Waals surface area contributed by atoms with Crippen LogP contribution in [0.15, 0.2) is 29.2 Å². The molecule has 2 aromatic rings. The number of aromatic nitrogens is 1. The van der Waals surface area contributed by atoms with E-state index in [2.05, 4.69) is 4.98 Å². The molecule has 1 atom stereocenters. The van der Waals surface area contributed by atoms with Crippen LogP contribution < -0.4 is 4.90 Å². The number of fused-ring (bicyclic) bond motifs is 1. The van der Waals surface area contributed by atoms with Crippen LogP contribution in [0.4, 0.5) is 5.69 Å². The number of benzene rings is 1. The molecule has 0 unspecified atom stereocenters. The fraction of sp³-hybridized carbons (Fsp3) is 0.429. The molecule has 0 aliphatic carbocycles. The van der Waals surface area contributed by atoms with Gasteiger partial charge in [-0.2, -0.15) is 4.31 Å². The van der Waals surface area contributed by atoms with Crippen LogP contribution >= 0.6 is 0 Å². The summed E-state index contributed by atoms with van der Waals surface area (Å²) < 4.78 is 32.6. The second kappa shape index (κ2) is 8.23. The minimum absolute atomic E-state index is 0.0199. The molecule has 1 aromatic carbocycles. The van der Waals surface area contributed by atoms with E-state index in [1.165, 1.54) is 7.05 Å². The van der Waals surface area contributed by atoms with Crippen molar-refractivity contribution in [3.05, 3.63) is 46.8 Å². The summed E-state index contributed by atoms with van der Waals surface area (Å²) >= 11 is 0. The van der Waals surface area contributed by atoms with E-state index in [-0.39, 0.29) is 35.6 Å². The Balaban J connectivity index is 1.90. The number of aryl methyl sites for hydroxylation is 2. The number of para-hydroxylation sites is 1. The monoisotopic (exact) mass is 433 g/mol. The molecule has 0 fully saturated rings. The number of sulfonamides is 1. The van der Waals surface area contributed by atoms with Crippen molar-refractivity contribution in [2.24, 2.45) is 0 Å². The van der Waals surface area contributed by atoms with Crippen molar-refractivity contribution >= 4 is 27.6 Å². The van der Waals surface area contributed by atoms with Gasteiger partial charge in [0, 0.05) is 30.2 Å². The lowest BCUT2D eigenvalue weighted by molar-refractivity contribution is -0.118. The predicted molar refractivity (Wildman–Crippen MR) is 113 cm³/mol. The van der Waals surface area contributed by atoms with Crippen molar-refractivity contribution in [1.29, 1.82) is 0 Å². The Hall–Kier alpha value is -2.65. The molecule has 0 saturated heterocycles. The maximum Gasteiger partial charge on any atom is 0.341 e. The number of carbonyl (C=O) groups excluding carboxylic acids is 2. The third kappa shape index (κ3) is 3.75. The van der Waals surface area contributed by atoms with Gasteiger partial charge in [-0.05, 0) is 45.7 Å². The summed E-state index contributed by atoms with van der Waals surface area (Å²) in [7, 11) is -2.76. The molecule has 1 N–H and O–H groups in total. The van der Waals surface area contributed by atoms with Gasteiger partial charge >= 0.3 is 5.97 Å². The van der Waals surface area contributed by atoms with Crippen LogP contribution in [0.3, 0.4) is 0 Å². The molecule has 0 radical (unpaired) electrons. The van der Waals surface area contributed by atoms with Crippen LogP contribution in [0.25, 0.3) is 0 Å². The highest BCUT2D eigenvalue weighted by Crippen LogP contribution is 2.32. The number of hydrogen-bond acceptors (Lipinski definition) is 5. The second-order valence-corrected chi connectivity index (χ2v) is 9.49. The van der Waals surface area contributed by atoms with E-state index in [1.807, 2.05) is 31.2 Å². The maximum absolute atomic E-state index is 13.3. The van der Waals surface area contributed by atoms with Gasteiger partial charge in [0.15, 0.2) is 0 Å². The van der Waals surface area contributed by atoms with Crippen molar-refractivity contribution in [3.8, 4) is 0 Å². The Labute approximate surface area is 176 Å². The van der Waals surface area contributed by atoms with Gasteiger partial charge in [0.25, 0.3) is 0 Å². The van der Waals surface area contributed by atoms with Crippen LogP contribution in [-0.4, -0.2) is 55.8 Å². The molecular weight excluding hydrogens is 406 g/mol. The number of carbonyl (C=O) groups is 2. The largest absolute Gasteiger partial charge is 0.462 e. The van der Waals surface area contributed by atoms with Crippen LogP contribution in [0.1, 0.15) is 41.2 Å². The number of nitrogens with one attached hydrogen (secondary N) is 1. The number of hydrogen-bond donors (Lipinski definition) is 1. The van der Waals surface area contributed by atoms with Crippen molar-refractivity contribution in [2.45, 2.75) is 45.1 Å². The molecule has 3 rings (SSSR count). The smallest absolute Gasteiger partial charge is 0.341 e. The molecule has 162 valence electrons. The van der Waals surface area contributed by atoms with Crippen molar-refractivity contribution in [2.75, 3.05) is 25.1 Å². The third-order valence-corrected chi connectivity index (χ3v) is 7.28. The molecule has 1 amide bonds. The first kappa shape index (κ1) is 22.0. The van der Waals surface area contributed by atoms with Crippen molar-refractivity contribution in [1.82, 2.24) is 9.29 Å². The fourth-order valence-corrected chi connectivity index (χ4v) is 5.51. The highest BCUT2D eigenvalue weighted by atomic mass is 32.2. The lowest BCUT2D eigenvalue weighted by Crippen LogP contribution is -2.43. The van der Waals surface area contributed by atoms with Crippen molar-refractivity contribution < 1.29 is 22.7 Å². The normalized spacial score (nSPS) is 16.1. The molecule has 2 heterocycles. The zero-order valence-electron chi connectivity index (χ0n) is 17.9. The Kier molecular flexibility index (Phi) is 6.05. The van der Waals surface area contributed by atoms with Crippen molar-refractivity contribution in [3.63, 3.8) is 0 Å². The average molecular weight is 434 g/mol. The summed E-state index contributed by atoms with van der Waals surface area (Å²) in [5, 5.41) is 0. The molecule has 1 aliphatic heterocycles. The van der Waals surface area contributed by atoms with E-state index in [1.54, 1.807) is 25.7 Å². The number of likely N-dealkylation sites (N-methyl/N-ethyl adjacent to an activating group) is 1. The number of rotatable bonds is 6. The number of amides is 1. The van der Waals surface area contributed by atoms with Crippen LogP contribution in [0, 0.1) is 13.8 Å². The van der Waals surface area contributed by atoms with Gasteiger partial charge in [-0.25, -0.2) is 13.2 Å². The number of esters is 1. The van der Waals surface area contributed by atoms with Crippen LogP contribution in [-0.2, 0) is 26.0 Å². The Morgan fingerprint density at radius 2 is 1.90 bits per heavy atom. The van der Waals surface area contributed by atoms with Crippen LogP contribution in [0.2, 0.25) is 0 Å². The van der Waals surface area contributed by atoms with E-state index in [0.29, 0.717) is 11.4 Å². The molecule has 0 bridgehead atoms. The first-order valence-corrected chi connectivity index (χ1v) is 11.3. The second-order valence-electron chi connectivity index (χ2n) is 7.51. The van der Waals surface area contributed by atoms with Gasteiger partial charge < -0.3 is 14.6 Å². The molecular formula is C21H27N3O5S. The number of aromatic amines is 1. The summed E-state index contributed by atoms with van der Waals surface area (Å²) in [6.07, 6.45) is 0.724. The van der Waals surface area contributed by atoms with E-state index < -0.39 is 16.0 Å². The summed E-state index contributed by atoms with van der Waals surface area (Å²) in [6.45, 7) is 6.57. The zero-order valence-corrected chi connectivity index (χ0v) is 18.7. The number of ether oxygens (including phenoxy) is 1. The fourth-order valence-electron chi connectivity index (χ4n) is 3.98. The van der Waals surface area contributed by atoms with Gasteiger partial charge in [-0.3, -0.25) is 4.79 Å². The maximum atomic E-state index is 13.3. The van der Waals surface area contributed by atoms with Crippen LogP contribution in [0.5, 0.6) is 0 Å². The topological polar surface area (TPSA) is 99.8 Å². The minimum atomic E-state index is -4.11. The third-order valence-electron chi connectivity index (χ3n) is 5.30. The molecule has 0 spiro atoms. The quantitative estimate of drug-likeness (QED) is 0.705. The molecule has 9 heteroatoms. The lowest BCUT2D eigenvalue weighted by Gasteiger charge is -2.25. The molecule has 30 heavy (non-hydrogen) atoms. The number of nitrogens with zero attached hydrogens (tertiary/aromatic N) is 2. The highest BCUT2D eigenvalue weighted by molar-refractivity contribution is 7.89. The Bertz CT molecular complexity index is 1090. The first-order chi connectivity index (χ1) is 14.1. The number of H-pyrrole nitrogens is 1. The van der Waals surface area contributed by atoms with E-state index in [4.69, 9.17) is 4.74 Å². The molecule has 0 saturated carbocycles. The summed E-state index contributed by atoms with van der Waals surface area (Å²) in [5.41, 5.74) is 2.59. The van der Waals surface area contributed by atoms with E-state index in [9.17, 15) is 18.0 Å². The summed E-state index contributed by atoms with van der Waals surface area (Å²) in [4.78, 5) is 29.8. The zero-order chi connectivity index (χ0) is 22.2. The highest BCUT2D eigenvalue weighted by Gasteiger charge is 2.36. The first-order valence-electron chi connectivity index (χ1n) is 9.82. The Morgan fingerprint density at radius 1 is 1.23 bits per heavy atom.